The summed E-state index contributed by atoms with van der Waals surface area (Å²) in [5, 5.41) is 2.70. The minimum Gasteiger partial charge on any atom is -0.492 e. The van der Waals surface area contributed by atoms with Crippen LogP contribution in [0.4, 0.5) is 4.39 Å². The van der Waals surface area contributed by atoms with Crippen LogP contribution >= 0.6 is 0 Å². The van der Waals surface area contributed by atoms with Crippen LogP contribution in [0.25, 0.3) is 0 Å². The number of ether oxygens (including phenoxy) is 1. The monoisotopic (exact) mass is 368 g/mol. The zero-order valence-electron chi connectivity index (χ0n) is 14.4. The van der Waals surface area contributed by atoms with E-state index in [0.29, 0.717) is 16.9 Å². The summed E-state index contributed by atoms with van der Waals surface area (Å²) in [6.07, 6.45) is 1.68. The first-order valence-corrected chi connectivity index (χ1v) is 8.73. The van der Waals surface area contributed by atoms with E-state index in [-0.39, 0.29) is 48.3 Å². The van der Waals surface area contributed by atoms with Crippen molar-refractivity contribution in [3.63, 3.8) is 0 Å². The van der Waals surface area contributed by atoms with Crippen molar-refractivity contribution in [2.24, 2.45) is 0 Å². The summed E-state index contributed by atoms with van der Waals surface area (Å²) >= 11 is 0. The van der Waals surface area contributed by atoms with Crippen molar-refractivity contribution in [3.05, 3.63) is 65.0 Å². The molecule has 7 heteroatoms. The maximum absolute atomic E-state index is 12.8. The minimum atomic E-state index is -0.356. The van der Waals surface area contributed by atoms with E-state index in [0.717, 1.165) is 12.8 Å². The lowest BCUT2D eigenvalue weighted by atomic mass is 10.1. The second kappa shape index (κ2) is 6.83. The van der Waals surface area contributed by atoms with Gasteiger partial charge in [-0.25, -0.2) is 4.39 Å². The van der Waals surface area contributed by atoms with E-state index in [1.54, 1.807) is 0 Å². The van der Waals surface area contributed by atoms with Crippen molar-refractivity contribution < 1.29 is 23.5 Å². The molecule has 0 aromatic heterocycles. The lowest BCUT2D eigenvalue weighted by molar-refractivity contribution is 0.0642. The van der Waals surface area contributed by atoms with Gasteiger partial charge >= 0.3 is 0 Å². The molecule has 1 heterocycles. The lowest BCUT2D eigenvalue weighted by Crippen LogP contribution is -2.31. The fourth-order valence-corrected chi connectivity index (χ4v) is 3.03. The zero-order valence-corrected chi connectivity index (χ0v) is 14.4. The molecular weight excluding hydrogens is 351 g/mol. The molecule has 0 spiro atoms. The van der Waals surface area contributed by atoms with Crippen LogP contribution in [0, 0.1) is 5.82 Å². The average Bonchev–Trinajstić information content (AvgIpc) is 3.47. The van der Waals surface area contributed by atoms with Gasteiger partial charge in [0.2, 0.25) is 0 Å². The summed E-state index contributed by atoms with van der Waals surface area (Å²) < 4.78 is 18.2. The quantitative estimate of drug-likeness (QED) is 0.628. The molecular formula is C20H17FN2O4. The Morgan fingerprint density at radius 1 is 1.07 bits per heavy atom. The van der Waals surface area contributed by atoms with Crippen LogP contribution in [0.5, 0.6) is 5.75 Å². The van der Waals surface area contributed by atoms with Crippen LogP contribution in [0.2, 0.25) is 0 Å². The molecule has 27 heavy (non-hydrogen) atoms. The Balaban J connectivity index is 1.35. The second-order valence-corrected chi connectivity index (χ2v) is 6.53. The molecule has 4 rings (SSSR count). The van der Waals surface area contributed by atoms with Gasteiger partial charge < -0.3 is 10.1 Å². The van der Waals surface area contributed by atoms with Gasteiger partial charge in [-0.3, -0.25) is 19.3 Å². The van der Waals surface area contributed by atoms with Gasteiger partial charge in [-0.05, 0) is 55.3 Å². The fourth-order valence-electron chi connectivity index (χ4n) is 3.03. The van der Waals surface area contributed by atoms with E-state index in [1.807, 2.05) is 0 Å². The summed E-state index contributed by atoms with van der Waals surface area (Å²) in [4.78, 5) is 38.3. The van der Waals surface area contributed by atoms with Crippen LogP contribution in [-0.4, -0.2) is 41.8 Å². The number of amides is 3. The van der Waals surface area contributed by atoms with E-state index in [4.69, 9.17) is 4.74 Å². The number of benzene rings is 2. The summed E-state index contributed by atoms with van der Waals surface area (Å²) in [5.74, 6) is -0.803. The largest absolute Gasteiger partial charge is 0.492 e. The smallest absolute Gasteiger partial charge is 0.261 e. The van der Waals surface area contributed by atoms with Gasteiger partial charge in [0.05, 0.1) is 17.7 Å². The van der Waals surface area contributed by atoms with Gasteiger partial charge in [0.15, 0.2) is 0 Å². The van der Waals surface area contributed by atoms with Gasteiger partial charge in [0, 0.05) is 11.6 Å². The Bertz CT molecular complexity index is 922. The Hall–Kier alpha value is -3.22. The van der Waals surface area contributed by atoms with Gasteiger partial charge in [0.1, 0.15) is 18.2 Å². The summed E-state index contributed by atoms with van der Waals surface area (Å²) in [6, 6.07) is 10.1. The topological polar surface area (TPSA) is 75.7 Å². The minimum absolute atomic E-state index is 0.00159. The predicted octanol–water partition coefficient (Wildman–Crippen LogP) is 2.39. The third-order valence-corrected chi connectivity index (χ3v) is 4.56. The van der Waals surface area contributed by atoms with E-state index in [9.17, 15) is 18.8 Å². The number of halogens is 1. The third kappa shape index (κ3) is 3.40. The number of imide groups is 1. The van der Waals surface area contributed by atoms with Crippen LogP contribution in [-0.2, 0) is 0 Å². The van der Waals surface area contributed by atoms with Crippen molar-refractivity contribution >= 4 is 17.7 Å². The predicted molar refractivity (Wildman–Crippen MR) is 94.2 cm³/mol. The van der Waals surface area contributed by atoms with Crippen LogP contribution in [0.3, 0.4) is 0 Å². The number of rotatable bonds is 6. The van der Waals surface area contributed by atoms with Gasteiger partial charge in [-0.1, -0.05) is 0 Å². The van der Waals surface area contributed by atoms with E-state index < -0.39 is 0 Å². The molecule has 3 amide bonds. The maximum atomic E-state index is 12.8. The molecule has 0 radical (unpaired) electrons. The normalized spacial score (nSPS) is 15.7. The fraction of sp³-hybridized carbons (Fsp3) is 0.250. The van der Waals surface area contributed by atoms with Gasteiger partial charge in [-0.15, -0.1) is 0 Å². The summed E-state index contributed by atoms with van der Waals surface area (Å²) in [7, 11) is 0. The van der Waals surface area contributed by atoms with Crippen molar-refractivity contribution in [3.8, 4) is 5.75 Å². The van der Waals surface area contributed by atoms with Gasteiger partial charge in [0.25, 0.3) is 17.7 Å². The van der Waals surface area contributed by atoms with Crippen molar-refractivity contribution in [2.45, 2.75) is 18.9 Å². The van der Waals surface area contributed by atoms with Crippen LogP contribution in [0.1, 0.15) is 43.9 Å². The maximum Gasteiger partial charge on any atom is 0.261 e. The standard InChI is InChI=1S/C20H17FN2O4/c21-13-2-6-15(7-3-13)27-10-9-22-18(24)12-1-8-16-17(11-12)20(26)23(19(16)25)14-4-5-14/h1-3,6-8,11,14H,4-5,9-10H2,(H,22,24). The van der Waals surface area contributed by atoms with Crippen molar-refractivity contribution in [1.82, 2.24) is 10.2 Å². The van der Waals surface area contributed by atoms with Crippen molar-refractivity contribution in [2.75, 3.05) is 13.2 Å². The molecule has 2 aromatic rings. The molecule has 2 aromatic carbocycles. The number of carbonyl (C=O) groups excluding carboxylic acids is 3. The van der Waals surface area contributed by atoms with Crippen LogP contribution < -0.4 is 10.1 Å². The number of nitrogens with one attached hydrogen (secondary N) is 1. The molecule has 1 aliphatic heterocycles. The number of fused-ring (bicyclic) bond motifs is 1. The zero-order chi connectivity index (χ0) is 19.0. The van der Waals surface area contributed by atoms with Crippen LogP contribution in [0.15, 0.2) is 42.5 Å². The molecule has 0 atom stereocenters. The molecule has 1 saturated carbocycles. The third-order valence-electron chi connectivity index (χ3n) is 4.56. The Labute approximate surface area is 154 Å². The van der Waals surface area contributed by atoms with Gasteiger partial charge in [-0.2, -0.15) is 0 Å². The molecule has 2 aliphatic rings. The number of nitrogens with zero attached hydrogens (tertiary/aromatic N) is 1. The second-order valence-electron chi connectivity index (χ2n) is 6.53. The Morgan fingerprint density at radius 3 is 2.48 bits per heavy atom. The first-order valence-electron chi connectivity index (χ1n) is 8.73. The highest BCUT2D eigenvalue weighted by Crippen LogP contribution is 2.34. The number of hydrogen-bond acceptors (Lipinski definition) is 4. The molecule has 0 saturated heterocycles. The average molecular weight is 368 g/mol. The molecule has 138 valence electrons. The molecule has 1 N–H and O–H groups in total. The summed E-state index contributed by atoms with van der Waals surface area (Å²) in [6.45, 7) is 0.462. The highest BCUT2D eigenvalue weighted by molar-refractivity contribution is 6.22. The molecule has 6 nitrogen and oxygen atoms in total. The summed E-state index contributed by atoms with van der Waals surface area (Å²) in [5.41, 5.74) is 0.944. The van der Waals surface area contributed by atoms with E-state index in [1.165, 1.54) is 47.4 Å². The Kier molecular flexibility index (Phi) is 4.35. The molecule has 1 fully saturated rings. The molecule has 0 bridgehead atoms. The highest BCUT2D eigenvalue weighted by atomic mass is 19.1. The SMILES string of the molecule is O=C(NCCOc1ccc(F)cc1)c1ccc2c(c1)C(=O)N(C1CC1)C2=O. The molecule has 0 unspecified atom stereocenters. The van der Waals surface area contributed by atoms with E-state index in [2.05, 4.69) is 5.32 Å². The van der Waals surface area contributed by atoms with Crippen molar-refractivity contribution in [1.29, 1.82) is 0 Å². The number of hydrogen-bond donors (Lipinski definition) is 1. The lowest BCUT2D eigenvalue weighted by Gasteiger charge is -2.11. The molecule has 1 aliphatic carbocycles. The highest BCUT2D eigenvalue weighted by Gasteiger charge is 2.44. The Morgan fingerprint density at radius 2 is 1.78 bits per heavy atom. The number of carbonyl (C=O) groups is 3. The van der Waals surface area contributed by atoms with E-state index >= 15 is 0 Å². The first kappa shape index (κ1) is 17.2. The first-order chi connectivity index (χ1) is 13.0.